The Kier molecular flexibility index (Phi) is 3.46. The zero-order valence-electron chi connectivity index (χ0n) is 9.16. The van der Waals surface area contributed by atoms with Crippen molar-refractivity contribution >= 4 is 17.5 Å². The molecule has 2 rings (SSSR count). The monoisotopic (exact) mass is 242 g/mol. The molecular formula is C10H15ClN4O. The Morgan fingerprint density at radius 2 is 2.56 bits per heavy atom. The molecule has 16 heavy (non-hydrogen) atoms. The lowest BCUT2D eigenvalue weighted by Gasteiger charge is -2.23. The second kappa shape index (κ2) is 4.84. The van der Waals surface area contributed by atoms with Crippen LogP contribution >= 0.6 is 11.6 Å². The summed E-state index contributed by atoms with van der Waals surface area (Å²) >= 11 is 5.95. The number of rotatable bonds is 2. The molecule has 1 fully saturated rings. The Balaban J connectivity index is 1.99. The predicted octanol–water partition coefficient (Wildman–Crippen LogP) is 0.555. The molecule has 2 N–H and O–H groups in total. The van der Waals surface area contributed by atoms with Gasteiger partial charge in [0.1, 0.15) is 5.15 Å². The first-order valence-electron chi connectivity index (χ1n) is 5.37. The van der Waals surface area contributed by atoms with Gasteiger partial charge in [0.15, 0.2) is 0 Å². The van der Waals surface area contributed by atoms with Crippen LogP contribution in [0.1, 0.15) is 23.2 Å². The Morgan fingerprint density at radius 1 is 1.75 bits per heavy atom. The quantitative estimate of drug-likeness (QED) is 0.797. The van der Waals surface area contributed by atoms with Gasteiger partial charge in [-0.15, -0.1) is 0 Å². The number of nitrogens with one attached hydrogen (secondary N) is 2. The van der Waals surface area contributed by atoms with E-state index in [0.29, 0.717) is 10.7 Å². The van der Waals surface area contributed by atoms with E-state index >= 15 is 0 Å². The zero-order valence-corrected chi connectivity index (χ0v) is 9.92. The molecule has 88 valence electrons. The molecule has 1 amide bonds. The zero-order chi connectivity index (χ0) is 11.5. The summed E-state index contributed by atoms with van der Waals surface area (Å²) in [7, 11) is 1.71. The van der Waals surface area contributed by atoms with Crippen molar-refractivity contribution in [3.05, 3.63) is 16.9 Å². The lowest BCUT2D eigenvalue weighted by atomic mass is 10.1. The molecule has 0 radical (unpaired) electrons. The number of nitrogens with zero attached hydrogens (tertiary/aromatic N) is 2. The number of amides is 1. The van der Waals surface area contributed by atoms with Gasteiger partial charge in [-0.05, 0) is 19.4 Å². The van der Waals surface area contributed by atoms with Gasteiger partial charge < -0.3 is 10.6 Å². The summed E-state index contributed by atoms with van der Waals surface area (Å²) in [5.41, 5.74) is 0.440. The van der Waals surface area contributed by atoms with Crippen LogP contribution < -0.4 is 10.6 Å². The molecule has 1 aromatic rings. The first-order chi connectivity index (χ1) is 7.68. The third-order valence-corrected chi connectivity index (χ3v) is 3.19. The number of aryl methyl sites for hydroxylation is 1. The van der Waals surface area contributed by atoms with Crippen molar-refractivity contribution in [1.82, 2.24) is 20.4 Å². The van der Waals surface area contributed by atoms with Crippen molar-refractivity contribution in [2.45, 2.75) is 18.9 Å². The summed E-state index contributed by atoms with van der Waals surface area (Å²) in [5.74, 6) is -0.146. The molecule has 5 nitrogen and oxygen atoms in total. The van der Waals surface area contributed by atoms with Crippen molar-refractivity contribution in [3.63, 3.8) is 0 Å². The van der Waals surface area contributed by atoms with Crippen molar-refractivity contribution in [3.8, 4) is 0 Å². The van der Waals surface area contributed by atoms with Gasteiger partial charge >= 0.3 is 0 Å². The first kappa shape index (κ1) is 11.4. The third-order valence-electron chi connectivity index (χ3n) is 2.74. The molecule has 0 aromatic carbocycles. The minimum absolute atomic E-state index is 0.146. The van der Waals surface area contributed by atoms with Gasteiger partial charge in [-0.1, -0.05) is 11.6 Å². The predicted molar refractivity (Wildman–Crippen MR) is 61.6 cm³/mol. The maximum atomic E-state index is 11.9. The average Bonchev–Trinajstić information content (AvgIpc) is 2.61. The van der Waals surface area contributed by atoms with E-state index in [2.05, 4.69) is 15.7 Å². The van der Waals surface area contributed by atoms with E-state index in [9.17, 15) is 4.79 Å². The van der Waals surface area contributed by atoms with Gasteiger partial charge in [-0.25, -0.2) is 0 Å². The maximum Gasteiger partial charge on any atom is 0.256 e. The number of carbonyl (C=O) groups excluding carboxylic acids is 1. The summed E-state index contributed by atoms with van der Waals surface area (Å²) in [5, 5.41) is 10.5. The topological polar surface area (TPSA) is 59.0 Å². The van der Waals surface area contributed by atoms with Gasteiger partial charge in [0.2, 0.25) is 0 Å². The molecule has 1 aromatic heterocycles. The molecule has 1 aliphatic rings. The van der Waals surface area contributed by atoms with Crippen LogP contribution in [0.2, 0.25) is 5.15 Å². The minimum atomic E-state index is -0.146. The van der Waals surface area contributed by atoms with Crippen LogP contribution in [0, 0.1) is 0 Å². The number of piperidine rings is 1. The smallest absolute Gasteiger partial charge is 0.256 e. The fraction of sp³-hybridized carbons (Fsp3) is 0.600. The van der Waals surface area contributed by atoms with Crippen LogP contribution in [0.15, 0.2) is 6.20 Å². The van der Waals surface area contributed by atoms with Crippen molar-refractivity contribution in [2.24, 2.45) is 7.05 Å². The SMILES string of the molecule is Cn1ncc(C(=O)NC2CCCNC2)c1Cl. The van der Waals surface area contributed by atoms with E-state index in [4.69, 9.17) is 11.6 Å². The summed E-state index contributed by atoms with van der Waals surface area (Å²) in [6.45, 7) is 1.85. The lowest BCUT2D eigenvalue weighted by Crippen LogP contribution is -2.45. The van der Waals surface area contributed by atoms with Crippen molar-refractivity contribution < 1.29 is 4.79 Å². The fourth-order valence-corrected chi connectivity index (χ4v) is 1.99. The number of hydrogen-bond donors (Lipinski definition) is 2. The van der Waals surface area contributed by atoms with Crippen LogP contribution in [0.3, 0.4) is 0 Å². The van der Waals surface area contributed by atoms with E-state index in [1.807, 2.05) is 0 Å². The Hall–Kier alpha value is -1.07. The molecule has 0 spiro atoms. The highest BCUT2D eigenvalue weighted by Gasteiger charge is 2.19. The Morgan fingerprint density at radius 3 is 3.12 bits per heavy atom. The van der Waals surface area contributed by atoms with Crippen LogP contribution in [-0.2, 0) is 7.05 Å². The van der Waals surface area contributed by atoms with Crippen LogP contribution in [-0.4, -0.2) is 34.8 Å². The number of halogens is 1. The second-order valence-electron chi connectivity index (χ2n) is 3.99. The molecule has 0 bridgehead atoms. The fourth-order valence-electron chi connectivity index (χ4n) is 1.81. The van der Waals surface area contributed by atoms with E-state index in [1.165, 1.54) is 10.9 Å². The Bertz CT molecular complexity index is 384. The second-order valence-corrected chi connectivity index (χ2v) is 4.35. The summed E-state index contributed by atoms with van der Waals surface area (Å²) in [4.78, 5) is 11.9. The average molecular weight is 243 g/mol. The van der Waals surface area contributed by atoms with Crippen molar-refractivity contribution in [1.29, 1.82) is 0 Å². The molecule has 1 aliphatic heterocycles. The van der Waals surface area contributed by atoms with E-state index in [1.54, 1.807) is 7.05 Å². The number of hydrogen-bond acceptors (Lipinski definition) is 3. The highest BCUT2D eigenvalue weighted by atomic mass is 35.5. The Labute approximate surface area is 99.2 Å². The van der Waals surface area contributed by atoms with Crippen LogP contribution in [0.4, 0.5) is 0 Å². The maximum absolute atomic E-state index is 11.9. The molecule has 0 saturated carbocycles. The molecular weight excluding hydrogens is 228 g/mol. The number of aromatic nitrogens is 2. The normalized spacial score (nSPS) is 20.8. The van der Waals surface area contributed by atoms with Crippen LogP contribution in [0.25, 0.3) is 0 Å². The first-order valence-corrected chi connectivity index (χ1v) is 5.75. The largest absolute Gasteiger partial charge is 0.348 e. The molecule has 6 heteroatoms. The molecule has 2 heterocycles. The summed E-state index contributed by atoms with van der Waals surface area (Å²) in [6, 6.07) is 0.192. The van der Waals surface area contributed by atoms with Gasteiger partial charge in [0.25, 0.3) is 5.91 Å². The van der Waals surface area contributed by atoms with E-state index in [-0.39, 0.29) is 11.9 Å². The minimum Gasteiger partial charge on any atom is -0.348 e. The highest BCUT2D eigenvalue weighted by Crippen LogP contribution is 2.14. The number of carbonyl (C=O) groups is 1. The summed E-state index contributed by atoms with van der Waals surface area (Å²) < 4.78 is 1.48. The van der Waals surface area contributed by atoms with Gasteiger partial charge in [-0.3, -0.25) is 9.48 Å². The molecule has 1 unspecified atom stereocenters. The van der Waals surface area contributed by atoms with Gasteiger partial charge in [0, 0.05) is 19.6 Å². The standard InChI is InChI=1S/C10H15ClN4O/c1-15-9(11)8(6-13-15)10(16)14-7-3-2-4-12-5-7/h6-7,12H,2-5H2,1H3,(H,14,16). The third kappa shape index (κ3) is 2.36. The summed E-state index contributed by atoms with van der Waals surface area (Å²) in [6.07, 6.45) is 3.59. The van der Waals surface area contributed by atoms with Crippen molar-refractivity contribution in [2.75, 3.05) is 13.1 Å². The van der Waals surface area contributed by atoms with E-state index in [0.717, 1.165) is 25.9 Å². The van der Waals surface area contributed by atoms with Gasteiger partial charge in [0.05, 0.1) is 11.8 Å². The molecule has 1 atom stereocenters. The molecule has 1 saturated heterocycles. The van der Waals surface area contributed by atoms with Crippen LogP contribution in [0.5, 0.6) is 0 Å². The lowest BCUT2D eigenvalue weighted by molar-refractivity contribution is 0.0931. The van der Waals surface area contributed by atoms with Gasteiger partial charge in [-0.2, -0.15) is 5.10 Å². The molecule has 0 aliphatic carbocycles. The van der Waals surface area contributed by atoms with E-state index < -0.39 is 0 Å². The highest BCUT2D eigenvalue weighted by molar-refractivity contribution is 6.32.